The predicted molar refractivity (Wildman–Crippen MR) is 86.5 cm³/mol. The molecular weight excluding hydrogens is 307 g/mol. The molecule has 0 bridgehead atoms. The third-order valence-electron chi connectivity index (χ3n) is 3.32. The van der Waals surface area contributed by atoms with E-state index < -0.39 is 11.7 Å². The SMILES string of the molecule is N#Cc1ccc(F)c(C(=O)Nc2ccc(-c3cccnc3)nc2)c1. The van der Waals surface area contributed by atoms with Crippen LogP contribution < -0.4 is 5.32 Å². The van der Waals surface area contributed by atoms with Crippen molar-refractivity contribution < 1.29 is 9.18 Å². The highest BCUT2D eigenvalue weighted by molar-refractivity contribution is 6.04. The van der Waals surface area contributed by atoms with Crippen molar-refractivity contribution in [2.75, 3.05) is 5.32 Å². The molecule has 0 saturated heterocycles. The minimum Gasteiger partial charge on any atom is -0.320 e. The van der Waals surface area contributed by atoms with Gasteiger partial charge in [-0.2, -0.15) is 5.26 Å². The first-order chi connectivity index (χ1) is 11.7. The molecule has 3 aromatic rings. The molecule has 0 unspecified atom stereocenters. The molecule has 0 radical (unpaired) electrons. The summed E-state index contributed by atoms with van der Waals surface area (Å²) < 4.78 is 13.8. The van der Waals surface area contributed by atoms with Gasteiger partial charge in [0.2, 0.25) is 0 Å². The molecule has 0 fully saturated rings. The van der Waals surface area contributed by atoms with E-state index in [0.717, 1.165) is 11.6 Å². The largest absolute Gasteiger partial charge is 0.320 e. The Hall–Kier alpha value is -3.59. The predicted octanol–water partition coefficient (Wildman–Crippen LogP) is 3.41. The van der Waals surface area contributed by atoms with Crippen molar-refractivity contribution >= 4 is 11.6 Å². The highest BCUT2D eigenvalue weighted by Crippen LogP contribution is 2.18. The second kappa shape index (κ2) is 6.67. The number of carbonyl (C=O) groups is 1. The minimum absolute atomic E-state index is 0.189. The lowest BCUT2D eigenvalue weighted by Crippen LogP contribution is -2.14. The number of rotatable bonds is 3. The summed E-state index contributed by atoms with van der Waals surface area (Å²) in [4.78, 5) is 20.4. The number of hydrogen-bond donors (Lipinski definition) is 1. The fraction of sp³-hybridized carbons (Fsp3) is 0. The number of halogens is 1. The molecule has 24 heavy (non-hydrogen) atoms. The summed E-state index contributed by atoms with van der Waals surface area (Å²) in [6, 6.07) is 12.6. The summed E-state index contributed by atoms with van der Waals surface area (Å²) in [7, 11) is 0. The maximum Gasteiger partial charge on any atom is 0.258 e. The Bertz CT molecular complexity index is 918. The maximum absolute atomic E-state index is 13.8. The molecule has 0 aliphatic rings. The second-order valence-electron chi connectivity index (χ2n) is 4.93. The standard InChI is InChI=1S/C18H11FN4O/c19-16-5-3-12(9-20)8-15(16)18(24)23-14-4-6-17(22-11-14)13-2-1-7-21-10-13/h1-8,10-11H,(H,23,24). The lowest BCUT2D eigenvalue weighted by Gasteiger charge is -2.07. The van der Waals surface area contributed by atoms with Crippen LogP contribution in [0.5, 0.6) is 0 Å². The Morgan fingerprint density at radius 1 is 1.17 bits per heavy atom. The summed E-state index contributed by atoms with van der Waals surface area (Å²) in [5, 5.41) is 11.4. The highest BCUT2D eigenvalue weighted by Gasteiger charge is 2.13. The number of nitrogens with zero attached hydrogens (tertiary/aromatic N) is 3. The number of amides is 1. The molecule has 6 heteroatoms. The number of benzene rings is 1. The van der Waals surface area contributed by atoms with E-state index >= 15 is 0 Å². The quantitative estimate of drug-likeness (QED) is 0.802. The van der Waals surface area contributed by atoms with Gasteiger partial charge in [0.15, 0.2) is 0 Å². The summed E-state index contributed by atoms with van der Waals surface area (Å²) >= 11 is 0. The first-order valence-corrected chi connectivity index (χ1v) is 7.05. The van der Waals surface area contributed by atoms with Gasteiger partial charge in [0, 0.05) is 18.0 Å². The maximum atomic E-state index is 13.8. The fourth-order valence-electron chi connectivity index (χ4n) is 2.12. The number of aromatic nitrogens is 2. The number of carbonyl (C=O) groups excluding carboxylic acids is 1. The second-order valence-corrected chi connectivity index (χ2v) is 4.93. The molecule has 0 spiro atoms. The number of nitrogens with one attached hydrogen (secondary N) is 1. The first-order valence-electron chi connectivity index (χ1n) is 7.05. The topological polar surface area (TPSA) is 78.7 Å². The van der Waals surface area contributed by atoms with Gasteiger partial charge in [-0.05, 0) is 42.5 Å². The van der Waals surface area contributed by atoms with Crippen LogP contribution >= 0.6 is 0 Å². The average molecular weight is 318 g/mol. The molecule has 0 aliphatic carbocycles. The van der Waals surface area contributed by atoms with Crippen LogP contribution in [0.15, 0.2) is 61.1 Å². The molecule has 116 valence electrons. The van der Waals surface area contributed by atoms with Crippen LogP contribution in [0.25, 0.3) is 11.3 Å². The van der Waals surface area contributed by atoms with Gasteiger partial charge < -0.3 is 5.32 Å². The number of hydrogen-bond acceptors (Lipinski definition) is 4. The van der Waals surface area contributed by atoms with E-state index in [2.05, 4.69) is 15.3 Å². The molecule has 0 saturated carbocycles. The fourth-order valence-corrected chi connectivity index (χ4v) is 2.12. The van der Waals surface area contributed by atoms with Gasteiger partial charge >= 0.3 is 0 Å². The molecule has 1 amide bonds. The lowest BCUT2D eigenvalue weighted by atomic mass is 10.1. The van der Waals surface area contributed by atoms with Crippen LogP contribution in [-0.2, 0) is 0 Å². The summed E-state index contributed by atoms with van der Waals surface area (Å²) in [5.41, 5.74) is 2.01. The van der Waals surface area contributed by atoms with E-state index in [1.54, 1.807) is 30.6 Å². The number of nitriles is 1. The zero-order chi connectivity index (χ0) is 16.9. The molecule has 0 aliphatic heterocycles. The van der Waals surface area contributed by atoms with E-state index in [4.69, 9.17) is 5.26 Å². The van der Waals surface area contributed by atoms with Gasteiger partial charge in [-0.3, -0.25) is 14.8 Å². The number of anilines is 1. The number of pyridine rings is 2. The third-order valence-corrected chi connectivity index (χ3v) is 3.32. The van der Waals surface area contributed by atoms with Crippen molar-refractivity contribution in [1.82, 2.24) is 9.97 Å². The van der Waals surface area contributed by atoms with Crippen molar-refractivity contribution in [3.8, 4) is 17.3 Å². The third kappa shape index (κ3) is 3.25. The van der Waals surface area contributed by atoms with E-state index in [9.17, 15) is 9.18 Å². The van der Waals surface area contributed by atoms with E-state index in [1.165, 1.54) is 18.3 Å². The van der Waals surface area contributed by atoms with Crippen LogP contribution in [-0.4, -0.2) is 15.9 Å². The molecule has 5 nitrogen and oxygen atoms in total. The van der Waals surface area contributed by atoms with Gasteiger partial charge in [-0.1, -0.05) is 0 Å². The van der Waals surface area contributed by atoms with Gasteiger partial charge in [0.25, 0.3) is 5.91 Å². The Kier molecular flexibility index (Phi) is 4.25. The molecular formula is C18H11FN4O. The summed E-state index contributed by atoms with van der Waals surface area (Å²) in [5.74, 6) is -1.33. The molecule has 2 heterocycles. The summed E-state index contributed by atoms with van der Waals surface area (Å²) in [6.07, 6.45) is 4.83. The Morgan fingerprint density at radius 2 is 2.04 bits per heavy atom. The Balaban J connectivity index is 1.79. The summed E-state index contributed by atoms with van der Waals surface area (Å²) in [6.45, 7) is 0. The van der Waals surface area contributed by atoms with E-state index in [1.807, 2.05) is 12.1 Å². The molecule has 3 rings (SSSR count). The Labute approximate surface area is 137 Å². The zero-order valence-electron chi connectivity index (χ0n) is 12.4. The molecule has 0 atom stereocenters. The van der Waals surface area contributed by atoms with Crippen molar-refractivity contribution in [1.29, 1.82) is 5.26 Å². The zero-order valence-corrected chi connectivity index (χ0v) is 12.4. The monoisotopic (exact) mass is 318 g/mol. The molecule has 2 aromatic heterocycles. The van der Waals surface area contributed by atoms with Crippen molar-refractivity contribution in [3.05, 3.63) is 78.0 Å². The van der Waals surface area contributed by atoms with Crippen molar-refractivity contribution in [2.24, 2.45) is 0 Å². The van der Waals surface area contributed by atoms with Gasteiger partial charge in [-0.15, -0.1) is 0 Å². The van der Waals surface area contributed by atoms with Gasteiger partial charge in [-0.25, -0.2) is 4.39 Å². The van der Waals surface area contributed by atoms with Crippen LogP contribution in [0, 0.1) is 17.1 Å². The van der Waals surface area contributed by atoms with Crippen molar-refractivity contribution in [2.45, 2.75) is 0 Å². The van der Waals surface area contributed by atoms with E-state index in [0.29, 0.717) is 11.4 Å². The van der Waals surface area contributed by atoms with E-state index in [-0.39, 0.29) is 11.1 Å². The molecule has 1 aromatic carbocycles. The average Bonchev–Trinajstić information content (AvgIpc) is 2.63. The highest BCUT2D eigenvalue weighted by atomic mass is 19.1. The smallest absolute Gasteiger partial charge is 0.258 e. The normalized spacial score (nSPS) is 10.0. The van der Waals surface area contributed by atoms with Crippen molar-refractivity contribution in [3.63, 3.8) is 0 Å². The van der Waals surface area contributed by atoms with Gasteiger partial charge in [0.05, 0.1) is 34.8 Å². The lowest BCUT2D eigenvalue weighted by molar-refractivity contribution is 0.102. The molecule has 1 N–H and O–H groups in total. The first kappa shape index (κ1) is 15.3. The Morgan fingerprint density at radius 3 is 2.71 bits per heavy atom. The van der Waals surface area contributed by atoms with Crippen LogP contribution in [0.3, 0.4) is 0 Å². The van der Waals surface area contributed by atoms with Crippen LogP contribution in [0.4, 0.5) is 10.1 Å². The van der Waals surface area contributed by atoms with Crippen LogP contribution in [0.2, 0.25) is 0 Å². The minimum atomic E-state index is -0.688. The van der Waals surface area contributed by atoms with Crippen LogP contribution in [0.1, 0.15) is 15.9 Å². The van der Waals surface area contributed by atoms with Gasteiger partial charge in [0.1, 0.15) is 5.82 Å².